The fourth-order valence-electron chi connectivity index (χ4n) is 4.38. The number of methoxy groups -OCH3 is 1. The van der Waals surface area contributed by atoms with Gasteiger partial charge in [0.1, 0.15) is 6.73 Å². The van der Waals surface area contributed by atoms with Gasteiger partial charge in [0, 0.05) is 72.9 Å². The third-order valence-electron chi connectivity index (χ3n) is 7.13. The summed E-state index contributed by atoms with van der Waals surface area (Å²) < 4.78 is 6.96. The van der Waals surface area contributed by atoms with Crippen molar-refractivity contribution in [2.24, 2.45) is 14.1 Å². The minimum atomic E-state index is -0.808. The van der Waals surface area contributed by atoms with Crippen LogP contribution in [-0.2, 0) is 18.8 Å². The van der Waals surface area contributed by atoms with Crippen LogP contribution in [0.2, 0.25) is 0 Å². The molecule has 3 rings (SSSR count). The van der Waals surface area contributed by atoms with E-state index in [2.05, 4.69) is 21.3 Å². The number of phenols is 2. The van der Waals surface area contributed by atoms with E-state index in [1.807, 2.05) is 0 Å². The predicted octanol–water partition coefficient (Wildman–Crippen LogP) is -1.87. The molecule has 4 amide bonds. The Bertz CT molecular complexity index is 1720. The highest BCUT2D eigenvalue weighted by Gasteiger charge is 2.21. The molecule has 1 aromatic carbocycles. The second-order valence-corrected chi connectivity index (χ2v) is 10.4. The van der Waals surface area contributed by atoms with Crippen molar-refractivity contribution in [2.45, 2.75) is 0 Å². The van der Waals surface area contributed by atoms with E-state index in [1.165, 1.54) is 45.7 Å². The molecule has 0 fully saturated rings. The number of aryl methyl sites for hydroxylation is 2. The van der Waals surface area contributed by atoms with Crippen LogP contribution in [-0.4, -0.2) is 111 Å². The molecule has 3 aromatic rings. The van der Waals surface area contributed by atoms with E-state index in [-0.39, 0.29) is 68.3 Å². The monoisotopic (exact) mass is 671 g/mol. The Labute approximate surface area is 273 Å². The lowest BCUT2D eigenvalue weighted by molar-refractivity contribution is 0.0864. The first-order valence-electron chi connectivity index (χ1n) is 14.4. The highest BCUT2D eigenvalue weighted by molar-refractivity contribution is 6.03. The summed E-state index contributed by atoms with van der Waals surface area (Å²) in [4.78, 5) is 75.9. The fourth-order valence-corrected chi connectivity index (χ4v) is 4.38. The first-order valence-corrected chi connectivity index (χ1v) is 14.4. The maximum atomic E-state index is 12.8. The number of rotatable bonds is 15. The van der Waals surface area contributed by atoms with Crippen molar-refractivity contribution >= 4 is 23.6 Å². The van der Waals surface area contributed by atoms with Gasteiger partial charge in [0.25, 0.3) is 34.7 Å². The average molecular weight is 672 g/mol. The number of carbonyl (C=O) groups is 4. The number of aromatic nitrogens is 2. The lowest BCUT2D eigenvalue weighted by Crippen LogP contribution is -2.43. The molecule has 0 radical (unpaired) electrons. The molecule has 0 aliphatic rings. The first-order chi connectivity index (χ1) is 22.8. The lowest BCUT2D eigenvalue weighted by atomic mass is 10.1. The summed E-state index contributed by atoms with van der Waals surface area (Å²) in [5.74, 6) is -5.94. The Balaban J connectivity index is 1.65. The molecule has 258 valence electrons. The maximum Gasteiger partial charge on any atom is 0.293 e. The van der Waals surface area contributed by atoms with Crippen molar-refractivity contribution < 1.29 is 44.3 Å². The quantitative estimate of drug-likeness (QED) is 0.0654. The Morgan fingerprint density at radius 3 is 1.29 bits per heavy atom. The number of carbonyl (C=O) groups excluding carboxylic acids is 4. The van der Waals surface area contributed by atoms with E-state index in [1.54, 1.807) is 4.90 Å². The summed E-state index contributed by atoms with van der Waals surface area (Å²) in [6.45, 7) is 0.361. The maximum absolute atomic E-state index is 12.8. The van der Waals surface area contributed by atoms with Gasteiger partial charge in [0.2, 0.25) is 0 Å². The van der Waals surface area contributed by atoms with Crippen LogP contribution < -0.4 is 32.4 Å². The number of hydrogen-bond donors (Lipinski definition) is 8. The molecule has 8 N–H and O–H groups in total. The van der Waals surface area contributed by atoms with Gasteiger partial charge >= 0.3 is 0 Å². The van der Waals surface area contributed by atoms with E-state index < -0.39 is 57.7 Å². The highest BCUT2D eigenvalue weighted by Crippen LogP contribution is 2.32. The first kappa shape index (κ1) is 36.6. The third kappa shape index (κ3) is 8.89. The molecule has 0 unspecified atom stereocenters. The van der Waals surface area contributed by atoms with Gasteiger partial charge in [-0.15, -0.1) is 0 Å². The second-order valence-electron chi connectivity index (χ2n) is 10.4. The van der Waals surface area contributed by atoms with Crippen LogP contribution in [0.25, 0.3) is 0 Å². The van der Waals surface area contributed by atoms with Gasteiger partial charge in [-0.1, -0.05) is 0 Å². The van der Waals surface area contributed by atoms with E-state index in [0.717, 1.165) is 21.3 Å². The topological polar surface area (TPSA) is 254 Å². The van der Waals surface area contributed by atoms with Gasteiger partial charge in [-0.05, 0) is 24.3 Å². The number of amides is 4. The number of hydrogen-bond acceptors (Lipinski definition) is 12. The zero-order chi connectivity index (χ0) is 35.5. The zero-order valence-corrected chi connectivity index (χ0v) is 26.4. The Kier molecular flexibility index (Phi) is 12.7. The van der Waals surface area contributed by atoms with Gasteiger partial charge in [0.05, 0.1) is 22.3 Å². The van der Waals surface area contributed by atoms with Gasteiger partial charge in [-0.25, -0.2) is 0 Å². The Morgan fingerprint density at radius 2 is 0.938 bits per heavy atom. The molecular weight excluding hydrogens is 634 g/mol. The molecule has 0 saturated heterocycles. The van der Waals surface area contributed by atoms with Gasteiger partial charge in [0.15, 0.2) is 23.0 Å². The van der Waals surface area contributed by atoms with Crippen molar-refractivity contribution in [3.05, 3.63) is 79.6 Å². The molecule has 48 heavy (non-hydrogen) atoms. The lowest BCUT2D eigenvalue weighted by Gasteiger charge is -2.23. The van der Waals surface area contributed by atoms with E-state index >= 15 is 0 Å². The molecule has 2 heterocycles. The number of aromatic hydroxyl groups is 4. The average Bonchev–Trinajstić information content (AvgIpc) is 3.05. The number of benzene rings is 1. The molecule has 0 aliphatic carbocycles. The van der Waals surface area contributed by atoms with Crippen LogP contribution in [0.4, 0.5) is 0 Å². The summed E-state index contributed by atoms with van der Waals surface area (Å²) >= 11 is 0. The van der Waals surface area contributed by atoms with E-state index in [9.17, 15) is 49.2 Å². The summed E-state index contributed by atoms with van der Waals surface area (Å²) in [6.07, 6.45) is 2.66. The van der Waals surface area contributed by atoms with E-state index in [0.29, 0.717) is 0 Å². The molecular formula is C30H37N7O11. The molecule has 0 bridgehead atoms. The number of nitrogens with zero attached hydrogens (tertiary/aromatic N) is 3. The molecule has 0 saturated carbocycles. The standard InChI is InChI=1S/C30H37N7O11/c1-35-11-6-19(23(40)29(35)46)26(43)32-9-14-37(15-10-33-27(44)20-7-12-36(2)30(47)24(20)41)13-8-31-25(42)17-4-5-18(22(39)21(17)38)28(45)34-16-48-3/h4-7,11-12,38-41H,8-10,13-16H2,1-3H3,(H,31,42)(H,32,43)(H,33,44)(H,34,45). The van der Waals surface area contributed by atoms with Crippen molar-refractivity contribution in [3.63, 3.8) is 0 Å². The van der Waals surface area contributed by atoms with Gasteiger partial charge < -0.3 is 55.6 Å². The van der Waals surface area contributed by atoms with Crippen molar-refractivity contribution in [1.82, 2.24) is 35.3 Å². The van der Waals surface area contributed by atoms with Gasteiger partial charge in [-0.3, -0.25) is 33.7 Å². The molecule has 18 heteroatoms. The number of phenolic OH excluding ortho intramolecular Hbond substituents is 2. The number of ether oxygens (including phenoxy) is 1. The van der Waals surface area contributed by atoms with Crippen LogP contribution in [0.1, 0.15) is 41.4 Å². The number of nitrogens with one attached hydrogen (secondary N) is 4. The van der Waals surface area contributed by atoms with Crippen LogP contribution in [0.5, 0.6) is 23.0 Å². The van der Waals surface area contributed by atoms with Crippen molar-refractivity contribution in [1.29, 1.82) is 0 Å². The predicted molar refractivity (Wildman–Crippen MR) is 169 cm³/mol. The Hall–Kier alpha value is -5.88. The van der Waals surface area contributed by atoms with Crippen LogP contribution >= 0.6 is 0 Å². The molecule has 0 spiro atoms. The Morgan fingerprint density at radius 1 is 0.604 bits per heavy atom. The summed E-state index contributed by atoms with van der Waals surface area (Å²) in [6, 6.07) is 4.89. The molecule has 18 nitrogen and oxygen atoms in total. The smallest absolute Gasteiger partial charge is 0.293 e. The fraction of sp³-hybridized carbons (Fsp3) is 0.333. The second kappa shape index (κ2) is 16.6. The molecule has 0 aliphatic heterocycles. The minimum absolute atomic E-state index is 0.0119. The molecule has 2 aromatic heterocycles. The van der Waals surface area contributed by atoms with Crippen molar-refractivity contribution in [3.8, 4) is 23.0 Å². The minimum Gasteiger partial charge on any atom is -0.504 e. The molecule has 0 atom stereocenters. The van der Waals surface area contributed by atoms with Crippen LogP contribution in [0, 0.1) is 0 Å². The van der Waals surface area contributed by atoms with E-state index in [4.69, 9.17) is 4.74 Å². The largest absolute Gasteiger partial charge is 0.504 e. The van der Waals surface area contributed by atoms with Crippen molar-refractivity contribution in [2.75, 3.05) is 53.1 Å². The third-order valence-corrected chi connectivity index (χ3v) is 7.13. The summed E-state index contributed by atoms with van der Waals surface area (Å²) in [7, 11) is 4.18. The summed E-state index contributed by atoms with van der Waals surface area (Å²) in [5.41, 5.74) is -2.51. The number of pyridine rings is 2. The highest BCUT2D eigenvalue weighted by atomic mass is 16.5. The SMILES string of the molecule is COCNC(=O)c1ccc(C(=O)NCCN(CCNC(=O)c2ccn(C)c(=O)c2O)CCNC(=O)c2ccn(C)c(=O)c2O)c(O)c1O. The summed E-state index contributed by atoms with van der Waals surface area (Å²) in [5, 5.41) is 50.9. The van der Waals surface area contributed by atoms with Gasteiger partial charge in [-0.2, -0.15) is 0 Å². The van der Waals surface area contributed by atoms with Crippen LogP contribution in [0.15, 0.2) is 46.2 Å². The normalized spacial score (nSPS) is 10.8. The van der Waals surface area contributed by atoms with Crippen LogP contribution in [0.3, 0.4) is 0 Å². The zero-order valence-electron chi connectivity index (χ0n) is 26.4.